The summed E-state index contributed by atoms with van der Waals surface area (Å²) in [6.45, 7) is 3.67. The zero-order valence-corrected chi connectivity index (χ0v) is 16.2. The number of carbonyl (C=O) groups is 1. The number of hydrogen-bond donors (Lipinski definition) is 2. The van der Waals surface area contributed by atoms with E-state index in [0.29, 0.717) is 12.5 Å². The molecule has 0 aliphatic heterocycles. The first-order chi connectivity index (χ1) is 12.6. The molecule has 26 heavy (non-hydrogen) atoms. The summed E-state index contributed by atoms with van der Waals surface area (Å²) in [4.78, 5) is 13.9. The second kappa shape index (κ2) is 10.5. The van der Waals surface area contributed by atoms with Crippen LogP contribution in [-0.2, 0) is 17.6 Å². The van der Waals surface area contributed by atoms with Crippen LogP contribution in [0.5, 0.6) is 0 Å². The van der Waals surface area contributed by atoms with Crippen molar-refractivity contribution in [1.82, 2.24) is 4.90 Å². The van der Waals surface area contributed by atoms with E-state index in [1.807, 2.05) is 0 Å². The van der Waals surface area contributed by atoms with E-state index in [4.69, 9.17) is 15.6 Å². The van der Waals surface area contributed by atoms with Crippen LogP contribution < -0.4 is 5.73 Å². The minimum Gasteiger partial charge on any atom is -0.446 e. The quantitative estimate of drug-likeness (QED) is 0.707. The molecule has 0 aromatic heterocycles. The second-order valence-corrected chi connectivity index (χ2v) is 7.35. The van der Waals surface area contributed by atoms with E-state index in [2.05, 4.69) is 25.1 Å². The number of aliphatic hydroxyl groups is 1. The van der Waals surface area contributed by atoms with Crippen LogP contribution in [0.3, 0.4) is 0 Å². The van der Waals surface area contributed by atoms with Gasteiger partial charge in [0.1, 0.15) is 6.10 Å². The molecule has 1 amide bonds. The molecule has 1 aromatic rings. The maximum absolute atomic E-state index is 12.2. The maximum Gasteiger partial charge on any atom is 0.409 e. The van der Waals surface area contributed by atoms with Gasteiger partial charge in [-0.2, -0.15) is 0 Å². The van der Waals surface area contributed by atoms with Gasteiger partial charge >= 0.3 is 6.09 Å². The number of ether oxygens (including phenoxy) is 1. The van der Waals surface area contributed by atoms with Crippen molar-refractivity contribution in [3.8, 4) is 0 Å². The number of fused-ring (bicyclic) bond motifs is 1. The van der Waals surface area contributed by atoms with Crippen molar-refractivity contribution in [2.75, 3.05) is 26.7 Å². The van der Waals surface area contributed by atoms with Crippen LogP contribution in [0.25, 0.3) is 0 Å². The summed E-state index contributed by atoms with van der Waals surface area (Å²) < 4.78 is 5.70. The summed E-state index contributed by atoms with van der Waals surface area (Å²) in [5.41, 5.74) is 9.79. The first kappa shape index (κ1) is 20.7. The molecule has 0 heterocycles. The third-order valence-electron chi connectivity index (χ3n) is 5.31. The van der Waals surface area contributed by atoms with Crippen LogP contribution in [0.2, 0.25) is 0 Å². The molecule has 0 saturated heterocycles. The molecule has 2 atom stereocenters. The highest BCUT2D eigenvalue weighted by atomic mass is 16.6. The highest BCUT2D eigenvalue weighted by molar-refractivity contribution is 5.67. The molecule has 0 saturated carbocycles. The van der Waals surface area contributed by atoms with Gasteiger partial charge in [0.25, 0.3) is 0 Å². The molecule has 146 valence electrons. The topological polar surface area (TPSA) is 75.8 Å². The molecule has 0 bridgehead atoms. The van der Waals surface area contributed by atoms with Gasteiger partial charge in [-0.15, -0.1) is 0 Å². The number of carbonyl (C=O) groups excluding carboxylic acids is 1. The van der Waals surface area contributed by atoms with Gasteiger partial charge in [0.05, 0.1) is 0 Å². The second-order valence-electron chi connectivity index (χ2n) is 7.35. The van der Waals surface area contributed by atoms with Crippen LogP contribution in [0.1, 0.15) is 61.6 Å². The van der Waals surface area contributed by atoms with E-state index in [1.165, 1.54) is 16.7 Å². The summed E-state index contributed by atoms with van der Waals surface area (Å²) in [5.74, 6) is 0.301. The fourth-order valence-corrected chi connectivity index (χ4v) is 3.57. The van der Waals surface area contributed by atoms with E-state index >= 15 is 0 Å². The van der Waals surface area contributed by atoms with Gasteiger partial charge in [-0.25, -0.2) is 4.79 Å². The molecule has 3 N–H and O–H groups in total. The van der Waals surface area contributed by atoms with Gasteiger partial charge in [0, 0.05) is 26.6 Å². The monoisotopic (exact) mass is 362 g/mol. The van der Waals surface area contributed by atoms with Crippen molar-refractivity contribution in [2.24, 2.45) is 5.73 Å². The van der Waals surface area contributed by atoms with Gasteiger partial charge in [0.2, 0.25) is 0 Å². The fourth-order valence-electron chi connectivity index (χ4n) is 3.57. The number of aliphatic hydroxyl groups excluding tert-OH is 1. The normalized spacial score (nSPS) is 17.5. The fraction of sp³-hybridized carbons (Fsp3) is 0.667. The Labute approximate surface area is 157 Å². The van der Waals surface area contributed by atoms with Crippen LogP contribution in [0, 0.1) is 0 Å². The Morgan fingerprint density at radius 1 is 1.38 bits per heavy atom. The summed E-state index contributed by atoms with van der Waals surface area (Å²) in [5, 5.41) is 9.05. The number of aryl methyl sites for hydroxylation is 1. The number of unbranched alkanes of at least 4 members (excludes halogenated alkanes) is 1. The molecule has 1 aliphatic carbocycles. The Bertz CT molecular complexity index is 576. The number of benzene rings is 1. The Balaban J connectivity index is 1.95. The average Bonchev–Trinajstić information content (AvgIpc) is 2.66. The first-order valence-corrected chi connectivity index (χ1v) is 9.93. The Morgan fingerprint density at radius 3 is 2.88 bits per heavy atom. The minimum atomic E-state index is -0.212. The van der Waals surface area contributed by atoms with Crippen LogP contribution in [0.4, 0.5) is 4.79 Å². The largest absolute Gasteiger partial charge is 0.446 e. The van der Waals surface area contributed by atoms with Crippen molar-refractivity contribution in [1.29, 1.82) is 0 Å². The van der Waals surface area contributed by atoms with Crippen LogP contribution in [-0.4, -0.2) is 48.9 Å². The molecule has 5 nitrogen and oxygen atoms in total. The number of amides is 1. The van der Waals surface area contributed by atoms with E-state index in [-0.39, 0.29) is 18.8 Å². The lowest BCUT2D eigenvalue weighted by Crippen LogP contribution is -2.34. The number of hydrogen-bond acceptors (Lipinski definition) is 4. The average molecular weight is 363 g/mol. The molecule has 0 radical (unpaired) electrons. The Hall–Kier alpha value is -1.59. The van der Waals surface area contributed by atoms with Gasteiger partial charge in [-0.05, 0) is 61.3 Å². The molecule has 0 fully saturated rings. The summed E-state index contributed by atoms with van der Waals surface area (Å²) >= 11 is 0. The van der Waals surface area contributed by atoms with Crippen molar-refractivity contribution >= 4 is 6.09 Å². The molecular weight excluding hydrogens is 328 g/mol. The molecular formula is C21H34N2O3. The molecule has 1 aromatic carbocycles. The lowest BCUT2D eigenvalue weighted by molar-refractivity contribution is 0.0624. The smallest absolute Gasteiger partial charge is 0.409 e. The van der Waals surface area contributed by atoms with Crippen molar-refractivity contribution in [2.45, 2.75) is 63.9 Å². The lowest BCUT2D eigenvalue weighted by atomic mass is 9.85. The third-order valence-corrected chi connectivity index (χ3v) is 5.31. The number of rotatable bonds is 9. The van der Waals surface area contributed by atoms with E-state index in [1.54, 1.807) is 11.9 Å². The summed E-state index contributed by atoms with van der Waals surface area (Å²) in [7, 11) is 1.81. The summed E-state index contributed by atoms with van der Waals surface area (Å²) in [6, 6.07) is 6.56. The van der Waals surface area contributed by atoms with E-state index in [9.17, 15) is 4.79 Å². The van der Waals surface area contributed by atoms with Crippen LogP contribution >= 0.6 is 0 Å². The Kier molecular flexibility index (Phi) is 8.39. The van der Waals surface area contributed by atoms with E-state index < -0.39 is 0 Å². The minimum absolute atomic E-state index is 0.0374. The molecule has 0 spiro atoms. The zero-order valence-electron chi connectivity index (χ0n) is 16.2. The third kappa shape index (κ3) is 5.71. The molecule has 5 heteroatoms. The van der Waals surface area contributed by atoms with Crippen LogP contribution in [0.15, 0.2) is 18.2 Å². The maximum atomic E-state index is 12.2. The van der Waals surface area contributed by atoms with E-state index in [0.717, 1.165) is 51.5 Å². The first-order valence-electron chi connectivity index (χ1n) is 9.93. The molecule has 2 rings (SSSR count). The Morgan fingerprint density at radius 2 is 2.19 bits per heavy atom. The van der Waals surface area contributed by atoms with Crippen molar-refractivity contribution in [3.63, 3.8) is 0 Å². The van der Waals surface area contributed by atoms with Gasteiger partial charge in [-0.3, -0.25) is 0 Å². The standard InChI is InChI=1S/C21H34N2O3/c1-3-4-11-23(2)21(25)26-20-10-9-16-13-17(7-8-18(16)14-20)19(15-22)6-5-12-24/h7-8,13,19-20,24H,3-6,9-12,14-15,22H2,1-2H3/t19-,20?/m0/s1. The van der Waals surface area contributed by atoms with Gasteiger partial charge < -0.3 is 20.5 Å². The SMILES string of the molecule is CCCCN(C)C(=O)OC1CCc2cc([C@H](CN)CCCO)ccc2C1. The number of nitrogens with two attached hydrogens (primary N) is 1. The van der Waals surface area contributed by atoms with Gasteiger partial charge in [-0.1, -0.05) is 31.5 Å². The molecule has 1 unspecified atom stereocenters. The lowest BCUT2D eigenvalue weighted by Gasteiger charge is -2.28. The zero-order chi connectivity index (χ0) is 18.9. The number of nitrogens with zero attached hydrogens (tertiary/aromatic N) is 1. The highest BCUT2D eigenvalue weighted by Gasteiger charge is 2.24. The predicted molar refractivity (Wildman–Crippen MR) is 104 cm³/mol. The molecule has 1 aliphatic rings. The van der Waals surface area contributed by atoms with Gasteiger partial charge in [0.15, 0.2) is 0 Å². The summed E-state index contributed by atoms with van der Waals surface area (Å²) in [6.07, 6.45) is 6.09. The predicted octanol–water partition coefficient (Wildman–Crippen LogP) is 3.23. The van der Waals surface area contributed by atoms with Crippen molar-refractivity contribution in [3.05, 3.63) is 34.9 Å². The highest BCUT2D eigenvalue weighted by Crippen LogP contribution is 2.28. The van der Waals surface area contributed by atoms with Crippen molar-refractivity contribution < 1.29 is 14.6 Å².